The van der Waals surface area contributed by atoms with Crippen LogP contribution in [0.2, 0.25) is 0 Å². The van der Waals surface area contributed by atoms with Crippen molar-refractivity contribution in [2.75, 3.05) is 11.9 Å². The van der Waals surface area contributed by atoms with Gasteiger partial charge in [0.05, 0.1) is 6.04 Å². The molecule has 0 fully saturated rings. The quantitative estimate of drug-likeness (QED) is 0.860. The zero-order valence-corrected chi connectivity index (χ0v) is 12.0. The van der Waals surface area contributed by atoms with E-state index in [4.69, 9.17) is 4.74 Å². The number of amides is 1. The summed E-state index contributed by atoms with van der Waals surface area (Å²) in [5, 5.41) is 6.26. The summed E-state index contributed by atoms with van der Waals surface area (Å²) in [6, 6.07) is 6.13. The average molecular weight is 262 g/mol. The molecule has 1 aromatic rings. The van der Waals surface area contributed by atoms with Crippen molar-refractivity contribution in [1.29, 1.82) is 0 Å². The fourth-order valence-electron chi connectivity index (χ4n) is 2.29. The maximum Gasteiger partial charge on any atom is 0.408 e. The second kappa shape index (κ2) is 5.11. The maximum absolute atomic E-state index is 11.8. The minimum Gasteiger partial charge on any atom is -0.444 e. The van der Waals surface area contributed by atoms with Crippen LogP contribution in [0, 0.1) is 0 Å². The molecule has 104 valence electrons. The topological polar surface area (TPSA) is 50.4 Å². The van der Waals surface area contributed by atoms with Gasteiger partial charge in [0, 0.05) is 12.2 Å². The first-order chi connectivity index (χ1) is 8.87. The summed E-state index contributed by atoms with van der Waals surface area (Å²) in [5.74, 6) is 0. The molecule has 0 aliphatic carbocycles. The minimum absolute atomic E-state index is 0.0737. The Morgan fingerprint density at radius 1 is 1.42 bits per heavy atom. The van der Waals surface area contributed by atoms with Crippen molar-refractivity contribution in [2.45, 2.75) is 45.8 Å². The Morgan fingerprint density at radius 2 is 2.16 bits per heavy atom. The van der Waals surface area contributed by atoms with Crippen LogP contribution in [0.1, 0.15) is 44.9 Å². The summed E-state index contributed by atoms with van der Waals surface area (Å²) in [6.07, 6.45) is 0.665. The third kappa shape index (κ3) is 3.40. The van der Waals surface area contributed by atoms with Crippen LogP contribution < -0.4 is 10.6 Å². The molecule has 1 aliphatic heterocycles. The lowest BCUT2D eigenvalue weighted by Gasteiger charge is -2.23. The number of carbonyl (C=O) groups excluding carboxylic acids is 1. The summed E-state index contributed by atoms with van der Waals surface area (Å²) in [4.78, 5) is 11.8. The molecule has 0 saturated heterocycles. The number of alkyl carbamates (subject to hydrolysis) is 1. The molecule has 0 saturated carbocycles. The largest absolute Gasteiger partial charge is 0.444 e. The number of fused-ring (bicyclic) bond motifs is 1. The van der Waals surface area contributed by atoms with E-state index in [9.17, 15) is 4.79 Å². The van der Waals surface area contributed by atoms with Gasteiger partial charge in [-0.1, -0.05) is 18.2 Å². The molecule has 1 aromatic carbocycles. The SMILES string of the molecule is CC(NC(=O)OC(C)(C)C)c1cccc2c1NCC2. The molecule has 1 heterocycles. The first-order valence-electron chi connectivity index (χ1n) is 6.72. The molecule has 0 spiro atoms. The smallest absolute Gasteiger partial charge is 0.408 e. The summed E-state index contributed by atoms with van der Waals surface area (Å²) in [7, 11) is 0. The maximum atomic E-state index is 11.8. The predicted molar refractivity (Wildman–Crippen MR) is 76.4 cm³/mol. The van der Waals surface area contributed by atoms with Gasteiger partial charge in [-0.15, -0.1) is 0 Å². The van der Waals surface area contributed by atoms with E-state index in [2.05, 4.69) is 16.7 Å². The number of hydrogen-bond donors (Lipinski definition) is 2. The Morgan fingerprint density at radius 3 is 2.84 bits per heavy atom. The molecule has 2 rings (SSSR count). The molecule has 19 heavy (non-hydrogen) atoms. The van der Waals surface area contributed by atoms with Crippen LogP contribution in [-0.4, -0.2) is 18.2 Å². The Bertz CT molecular complexity index is 478. The molecule has 4 heteroatoms. The Balaban J connectivity index is 2.07. The number of para-hydroxylation sites is 1. The lowest BCUT2D eigenvalue weighted by atomic mass is 10.0. The predicted octanol–water partition coefficient (Wildman–Crippen LogP) is 3.24. The zero-order chi connectivity index (χ0) is 14.0. The van der Waals surface area contributed by atoms with Crippen molar-refractivity contribution in [3.63, 3.8) is 0 Å². The average Bonchev–Trinajstić information content (AvgIpc) is 2.73. The van der Waals surface area contributed by atoms with E-state index in [0.29, 0.717) is 0 Å². The molecule has 0 aromatic heterocycles. The van der Waals surface area contributed by atoms with Gasteiger partial charge in [0.25, 0.3) is 0 Å². The van der Waals surface area contributed by atoms with Gasteiger partial charge in [-0.3, -0.25) is 0 Å². The Hall–Kier alpha value is -1.71. The number of ether oxygens (including phenoxy) is 1. The van der Waals surface area contributed by atoms with Crippen molar-refractivity contribution in [3.05, 3.63) is 29.3 Å². The van der Waals surface area contributed by atoms with Crippen LogP contribution in [-0.2, 0) is 11.2 Å². The molecular formula is C15H22N2O2. The van der Waals surface area contributed by atoms with Crippen LogP contribution in [0.25, 0.3) is 0 Å². The zero-order valence-electron chi connectivity index (χ0n) is 12.0. The van der Waals surface area contributed by atoms with Gasteiger partial charge >= 0.3 is 6.09 Å². The number of benzene rings is 1. The van der Waals surface area contributed by atoms with Crippen LogP contribution in [0.3, 0.4) is 0 Å². The highest BCUT2D eigenvalue weighted by Gasteiger charge is 2.21. The van der Waals surface area contributed by atoms with Gasteiger partial charge in [-0.05, 0) is 45.2 Å². The molecule has 1 unspecified atom stereocenters. The minimum atomic E-state index is -0.472. The molecular weight excluding hydrogens is 240 g/mol. The Kier molecular flexibility index (Phi) is 3.69. The standard InChI is InChI=1S/C15H22N2O2/c1-10(17-14(18)19-15(2,3)4)12-7-5-6-11-8-9-16-13(11)12/h5-7,10,16H,8-9H2,1-4H3,(H,17,18). The number of nitrogens with one attached hydrogen (secondary N) is 2. The third-order valence-corrected chi connectivity index (χ3v) is 3.08. The molecule has 0 bridgehead atoms. The van der Waals surface area contributed by atoms with E-state index in [-0.39, 0.29) is 12.1 Å². The summed E-state index contributed by atoms with van der Waals surface area (Å²) >= 11 is 0. The van der Waals surface area contributed by atoms with Gasteiger partial charge in [-0.2, -0.15) is 0 Å². The summed E-state index contributed by atoms with van der Waals surface area (Å²) in [5.41, 5.74) is 3.11. The van der Waals surface area contributed by atoms with E-state index < -0.39 is 5.60 Å². The molecule has 1 aliphatic rings. The summed E-state index contributed by atoms with van der Waals surface area (Å²) < 4.78 is 5.28. The van der Waals surface area contributed by atoms with Crippen molar-refractivity contribution >= 4 is 11.8 Å². The van der Waals surface area contributed by atoms with Gasteiger partial charge < -0.3 is 15.4 Å². The van der Waals surface area contributed by atoms with Crippen LogP contribution in [0.5, 0.6) is 0 Å². The van der Waals surface area contributed by atoms with E-state index in [1.165, 1.54) is 5.56 Å². The molecule has 2 N–H and O–H groups in total. The number of hydrogen-bond acceptors (Lipinski definition) is 3. The van der Waals surface area contributed by atoms with E-state index >= 15 is 0 Å². The van der Waals surface area contributed by atoms with Crippen LogP contribution >= 0.6 is 0 Å². The van der Waals surface area contributed by atoms with Gasteiger partial charge in [0.2, 0.25) is 0 Å². The highest BCUT2D eigenvalue weighted by atomic mass is 16.6. The molecule has 1 atom stereocenters. The monoisotopic (exact) mass is 262 g/mol. The second-order valence-electron chi connectivity index (χ2n) is 5.93. The van der Waals surface area contributed by atoms with Gasteiger partial charge in [-0.25, -0.2) is 4.79 Å². The number of carbonyl (C=O) groups is 1. The lowest BCUT2D eigenvalue weighted by molar-refractivity contribution is 0.0508. The fraction of sp³-hybridized carbons (Fsp3) is 0.533. The molecule has 0 radical (unpaired) electrons. The molecule has 4 nitrogen and oxygen atoms in total. The third-order valence-electron chi connectivity index (χ3n) is 3.08. The highest BCUT2D eigenvalue weighted by Crippen LogP contribution is 2.30. The molecule has 1 amide bonds. The summed E-state index contributed by atoms with van der Waals surface area (Å²) in [6.45, 7) is 8.52. The normalized spacial score (nSPS) is 15.4. The number of anilines is 1. The van der Waals surface area contributed by atoms with E-state index in [1.54, 1.807) is 0 Å². The van der Waals surface area contributed by atoms with E-state index in [0.717, 1.165) is 24.2 Å². The first-order valence-corrected chi connectivity index (χ1v) is 6.72. The number of rotatable bonds is 2. The lowest BCUT2D eigenvalue weighted by Crippen LogP contribution is -2.34. The van der Waals surface area contributed by atoms with Crippen LogP contribution in [0.4, 0.5) is 10.5 Å². The van der Waals surface area contributed by atoms with Crippen molar-refractivity contribution in [3.8, 4) is 0 Å². The van der Waals surface area contributed by atoms with Crippen molar-refractivity contribution < 1.29 is 9.53 Å². The first kappa shape index (κ1) is 13.7. The van der Waals surface area contributed by atoms with Crippen molar-refractivity contribution in [2.24, 2.45) is 0 Å². The van der Waals surface area contributed by atoms with Crippen molar-refractivity contribution in [1.82, 2.24) is 5.32 Å². The van der Waals surface area contributed by atoms with Crippen LogP contribution in [0.15, 0.2) is 18.2 Å². The highest BCUT2D eigenvalue weighted by molar-refractivity contribution is 5.70. The van der Waals surface area contributed by atoms with E-state index in [1.807, 2.05) is 39.8 Å². The fourth-order valence-corrected chi connectivity index (χ4v) is 2.29. The van der Waals surface area contributed by atoms with Gasteiger partial charge in [0.1, 0.15) is 5.60 Å². The Labute approximate surface area is 114 Å². The van der Waals surface area contributed by atoms with Gasteiger partial charge in [0.15, 0.2) is 0 Å². The second-order valence-corrected chi connectivity index (χ2v) is 5.93.